The van der Waals surface area contributed by atoms with E-state index in [4.69, 9.17) is 0 Å². The second-order valence-electron chi connectivity index (χ2n) is 4.53. The van der Waals surface area contributed by atoms with Gasteiger partial charge in [0.05, 0.1) is 0 Å². The van der Waals surface area contributed by atoms with Crippen LogP contribution in [0.25, 0.3) is 0 Å². The van der Waals surface area contributed by atoms with Crippen molar-refractivity contribution in [3.05, 3.63) is 35.9 Å². The molecule has 0 radical (unpaired) electrons. The van der Waals surface area contributed by atoms with E-state index in [1.807, 2.05) is 0 Å². The van der Waals surface area contributed by atoms with Crippen molar-refractivity contribution in [3.8, 4) is 0 Å². The van der Waals surface area contributed by atoms with Crippen LogP contribution in [-0.2, 0) is 5.41 Å². The Morgan fingerprint density at radius 1 is 1.00 bits per heavy atom. The van der Waals surface area contributed by atoms with E-state index in [1.54, 1.807) is 0 Å². The number of nitrogens with one attached hydrogen (secondary N) is 1. The summed E-state index contributed by atoms with van der Waals surface area (Å²) in [5, 5.41) is 3.58. The summed E-state index contributed by atoms with van der Waals surface area (Å²) in [5.74, 6) is 0. The monoisotopic (exact) mass is 219 g/mol. The predicted molar refractivity (Wildman–Crippen MR) is 71.9 cm³/mol. The summed E-state index contributed by atoms with van der Waals surface area (Å²) in [5.41, 5.74) is 1.79. The lowest BCUT2D eigenvalue weighted by Gasteiger charge is -2.32. The molecular formula is C15H25N. The fraction of sp³-hybridized carbons (Fsp3) is 0.600. The van der Waals surface area contributed by atoms with Gasteiger partial charge >= 0.3 is 0 Å². The zero-order valence-corrected chi connectivity index (χ0v) is 10.9. The second-order valence-corrected chi connectivity index (χ2v) is 4.53. The molecule has 0 amide bonds. The minimum atomic E-state index is 0.316. The molecule has 1 N–H and O–H groups in total. The van der Waals surface area contributed by atoms with E-state index >= 15 is 0 Å². The minimum Gasteiger partial charge on any atom is -0.316 e. The molecule has 0 spiro atoms. The molecule has 1 nitrogen and oxygen atoms in total. The molecule has 0 bridgehead atoms. The Balaban J connectivity index is 2.79. The van der Waals surface area contributed by atoms with Gasteiger partial charge in [-0.15, -0.1) is 0 Å². The lowest BCUT2D eigenvalue weighted by molar-refractivity contribution is 0.369. The third-order valence-corrected chi connectivity index (χ3v) is 3.63. The van der Waals surface area contributed by atoms with Crippen molar-refractivity contribution in [3.63, 3.8) is 0 Å². The largest absolute Gasteiger partial charge is 0.316 e. The lowest BCUT2D eigenvalue weighted by Crippen LogP contribution is -2.37. The lowest BCUT2D eigenvalue weighted by atomic mass is 9.76. The number of benzene rings is 1. The van der Waals surface area contributed by atoms with Crippen LogP contribution in [0.3, 0.4) is 0 Å². The first-order valence-electron chi connectivity index (χ1n) is 6.55. The van der Waals surface area contributed by atoms with Gasteiger partial charge in [-0.2, -0.15) is 0 Å². The van der Waals surface area contributed by atoms with E-state index in [9.17, 15) is 0 Å². The van der Waals surface area contributed by atoms with Crippen LogP contribution in [0, 0.1) is 0 Å². The van der Waals surface area contributed by atoms with Gasteiger partial charge in [0.25, 0.3) is 0 Å². The zero-order valence-electron chi connectivity index (χ0n) is 10.9. The topological polar surface area (TPSA) is 12.0 Å². The number of hydrogen-bond donors (Lipinski definition) is 1. The first-order chi connectivity index (χ1) is 7.79. The molecule has 1 heteroatoms. The van der Waals surface area contributed by atoms with Crippen LogP contribution >= 0.6 is 0 Å². The van der Waals surface area contributed by atoms with Gasteiger partial charge in [-0.1, -0.05) is 51.1 Å². The molecule has 0 aromatic heterocycles. The van der Waals surface area contributed by atoms with Gasteiger partial charge in [-0.05, 0) is 31.4 Å². The van der Waals surface area contributed by atoms with Gasteiger partial charge in [-0.25, -0.2) is 0 Å². The van der Waals surface area contributed by atoms with Crippen molar-refractivity contribution in [2.75, 3.05) is 13.1 Å². The smallest absolute Gasteiger partial charge is 0.00725 e. The molecule has 1 aromatic rings. The molecular weight excluding hydrogens is 194 g/mol. The van der Waals surface area contributed by atoms with Crippen LogP contribution in [0.15, 0.2) is 30.3 Å². The van der Waals surface area contributed by atoms with Gasteiger partial charge in [0.15, 0.2) is 0 Å². The minimum absolute atomic E-state index is 0.316. The van der Waals surface area contributed by atoms with E-state index in [1.165, 1.54) is 24.8 Å². The Labute approximate surface area is 100 Å². The molecule has 16 heavy (non-hydrogen) atoms. The fourth-order valence-electron chi connectivity index (χ4n) is 2.31. The van der Waals surface area contributed by atoms with E-state index in [0.717, 1.165) is 13.1 Å². The van der Waals surface area contributed by atoms with Crippen LogP contribution in [0.5, 0.6) is 0 Å². The third-order valence-electron chi connectivity index (χ3n) is 3.63. The van der Waals surface area contributed by atoms with Crippen LogP contribution in [-0.4, -0.2) is 13.1 Å². The Bertz CT molecular complexity index is 275. The molecule has 0 saturated carbocycles. The highest BCUT2D eigenvalue weighted by atomic mass is 14.9. The molecule has 0 aliphatic rings. The van der Waals surface area contributed by atoms with Crippen LogP contribution < -0.4 is 5.32 Å². The molecule has 0 saturated heterocycles. The average molecular weight is 219 g/mol. The quantitative estimate of drug-likeness (QED) is 0.689. The fourth-order valence-corrected chi connectivity index (χ4v) is 2.31. The SMILES string of the molecule is CCCNCC(CC)(CC)c1ccccc1. The van der Waals surface area contributed by atoms with Crippen molar-refractivity contribution in [1.82, 2.24) is 5.32 Å². The van der Waals surface area contributed by atoms with Gasteiger partial charge in [0.2, 0.25) is 0 Å². The molecule has 1 aromatic carbocycles. The Morgan fingerprint density at radius 2 is 1.62 bits per heavy atom. The van der Waals surface area contributed by atoms with E-state index in [2.05, 4.69) is 56.4 Å². The van der Waals surface area contributed by atoms with E-state index in [-0.39, 0.29) is 0 Å². The Hall–Kier alpha value is -0.820. The van der Waals surface area contributed by atoms with Gasteiger partial charge in [0, 0.05) is 12.0 Å². The number of hydrogen-bond acceptors (Lipinski definition) is 1. The normalized spacial score (nSPS) is 11.7. The molecule has 0 heterocycles. The molecule has 0 atom stereocenters. The van der Waals surface area contributed by atoms with E-state index < -0.39 is 0 Å². The Morgan fingerprint density at radius 3 is 2.12 bits per heavy atom. The van der Waals surface area contributed by atoms with Gasteiger partial charge in [0.1, 0.15) is 0 Å². The van der Waals surface area contributed by atoms with E-state index in [0.29, 0.717) is 5.41 Å². The van der Waals surface area contributed by atoms with Crippen molar-refractivity contribution in [2.24, 2.45) is 0 Å². The zero-order chi connectivity index (χ0) is 11.9. The van der Waals surface area contributed by atoms with Crippen molar-refractivity contribution >= 4 is 0 Å². The predicted octanol–water partition coefficient (Wildman–Crippen LogP) is 3.74. The standard InChI is InChI=1S/C15H25N/c1-4-12-16-13-15(5-2,6-3)14-10-8-7-9-11-14/h7-11,16H,4-6,12-13H2,1-3H3. The number of rotatable bonds is 7. The van der Waals surface area contributed by atoms with Crippen molar-refractivity contribution in [2.45, 2.75) is 45.4 Å². The summed E-state index contributed by atoms with van der Waals surface area (Å²) in [7, 11) is 0. The summed E-state index contributed by atoms with van der Waals surface area (Å²) in [6.07, 6.45) is 3.60. The summed E-state index contributed by atoms with van der Waals surface area (Å²) < 4.78 is 0. The molecule has 0 aliphatic carbocycles. The average Bonchev–Trinajstić information content (AvgIpc) is 2.36. The van der Waals surface area contributed by atoms with Gasteiger partial charge in [-0.3, -0.25) is 0 Å². The molecule has 0 fully saturated rings. The summed E-state index contributed by atoms with van der Waals surface area (Å²) in [6.45, 7) is 9.02. The third kappa shape index (κ3) is 3.08. The molecule has 0 aliphatic heterocycles. The Kier molecular flexibility index (Phi) is 5.54. The highest BCUT2D eigenvalue weighted by molar-refractivity contribution is 5.25. The first-order valence-corrected chi connectivity index (χ1v) is 6.55. The summed E-state index contributed by atoms with van der Waals surface area (Å²) >= 11 is 0. The van der Waals surface area contributed by atoms with Crippen LogP contribution in [0.4, 0.5) is 0 Å². The summed E-state index contributed by atoms with van der Waals surface area (Å²) in [6, 6.07) is 10.9. The second kappa shape index (κ2) is 6.70. The van der Waals surface area contributed by atoms with Crippen molar-refractivity contribution in [1.29, 1.82) is 0 Å². The summed E-state index contributed by atoms with van der Waals surface area (Å²) in [4.78, 5) is 0. The van der Waals surface area contributed by atoms with Crippen LogP contribution in [0.2, 0.25) is 0 Å². The highest BCUT2D eigenvalue weighted by Gasteiger charge is 2.27. The maximum atomic E-state index is 3.58. The first kappa shape index (κ1) is 13.2. The van der Waals surface area contributed by atoms with Gasteiger partial charge < -0.3 is 5.32 Å². The maximum absolute atomic E-state index is 3.58. The molecule has 0 unspecified atom stereocenters. The molecule has 90 valence electrons. The molecule has 1 rings (SSSR count). The van der Waals surface area contributed by atoms with Crippen molar-refractivity contribution < 1.29 is 0 Å². The highest BCUT2D eigenvalue weighted by Crippen LogP contribution is 2.30. The maximum Gasteiger partial charge on any atom is 0.00725 e. The van der Waals surface area contributed by atoms with Crippen LogP contribution in [0.1, 0.15) is 45.6 Å².